The Bertz CT molecular complexity index is 164. The third-order valence-electron chi connectivity index (χ3n) is 3.29. The van der Waals surface area contributed by atoms with Gasteiger partial charge in [0.2, 0.25) is 0 Å². The third kappa shape index (κ3) is 7.24. The topological polar surface area (TPSA) is 15.3 Å². The van der Waals surface area contributed by atoms with Gasteiger partial charge in [0.25, 0.3) is 0 Å². The highest BCUT2D eigenvalue weighted by Gasteiger charge is 2.23. The number of rotatable bonds is 10. The summed E-state index contributed by atoms with van der Waals surface area (Å²) in [6.07, 6.45) is 5.64. The van der Waals surface area contributed by atoms with E-state index in [1.54, 1.807) is 0 Å². The lowest BCUT2D eigenvalue weighted by molar-refractivity contribution is 0.270. The largest absolute Gasteiger partial charge is 0.316 e. The Morgan fingerprint density at radius 2 is 2.00 bits per heavy atom. The normalized spacial score (nSPS) is 16.3. The molecule has 1 N–H and O–H groups in total. The first-order valence-corrected chi connectivity index (χ1v) is 7.15. The van der Waals surface area contributed by atoms with Crippen molar-refractivity contribution in [2.24, 2.45) is 11.8 Å². The molecule has 2 nitrogen and oxygen atoms in total. The first-order chi connectivity index (χ1) is 7.72. The van der Waals surface area contributed by atoms with E-state index < -0.39 is 0 Å². The molecule has 2 heteroatoms. The maximum absolute atomic E-state index is 3.51. The van der Waals surface area contributed by atoms with Gasteiger partial charge in [-0.15, -0.1) is 0 Å². The Labute approximate surface area is 102 Å². The van der Waals surface area contributed by atoms with Crippen LogP contribution in [0.3, 0.4) is 0 Å². The number of unbranched alkanes of at least 4 members (excludes halogenated alkanes) is 1. The second-order valence-electron chi connectivity index (χ2n) is 5.64. The molecule has 0 radical (unpaired) electrons. The molecule has 1 rings (SSSR count). The molecule has 0 aliphatic heterocycles. The van der Waals surface area contributed by atoms with Crippen LogP contribution in [0.5, 0.6) is 0 Å². The summed E-state index contributed by atoms with van der Waals surface area (Å²) < 4.78 is 0. The molecule has 0 atom stereocenters. The average Bonchev–Trinajstić information content (AvgIpc) is 3.04. The molecule has 0 aromatic rings. The van der Waals surface area contributed by atoms with E-state index >= 15 is 0 Å². The summed E-state index contributed by atoms with van der Waals surface area (Å²) in [5, 5.41) is 3.51. The molecule has 0 saturated heterocycles. The monoisotopic (exact) mass is 226 g/mol. The standard InChI is InChI=1S/C14H30N2/c1-4-16(12-14-7-8-14)10-6-5-9-15-11-13(2)3/h13-15H,4-12H2,1-3H3. The quantitative estimate of drug-likeness (QED) is 0.576. The second kappa shape index (κ2) is 8.08. The van der Waals surface area contributed by atoms with Crippen LogP contribution in [-0.2, 0) is 0 Å². The summed E-state index contributed by atoms with van der Waals surface area (Å²) in [5.41, 5.74) is 0. The lowest BCUT2D eigenvalue weighted by Gasteiger charge is -2.20. The fourth-order valence-corrected chi connectivity index (χ4v) is 2.02. The first-order valence-electron chi connectivity index (χ1n) is 7.15. The molecule has 0 bridgehead atoms. The summed E-state index contributed by atoms with van der Waals surface area (Å²) in [7, 11) is 0. The Balaban J connectivity index is 1.87. The van der Waals surface area contributed by atoms with Gasteiger partial charge in [-0.3, -0.25) is 0 Å². The Morgan fingerprint density at radius 1 is 1.25 bits per heavy atom. The molecular formula is C14H30N2. The molecule has 1 aliphatic rings. The fourth-order valence-electron chi connectivity index (χ4n) is 2.02. The van der Waals surface area contributed by atoms with Gasteiger partial charge in [-0.2, -0.15) is 0 Å². The summed E-state index contributed by atoms with van der Waals surface area (Å²) >= 11 is 0. The summed E-state index contributed by atoms with van der Waals surface area (Å²) in [4.78, 5) is 2.63. The summed E-state index contributed by atoms with van der Waals surface area (Å²) in [6, 6.07) is 0. The van der Waals surface area contributed by atoms with E-state index in [2.05, 4.69) is 31.0 Å². The predicted molar refractivity (Wildman–Crippen MR) is 71.8 cm³/mol. The molecule has 16 heavy (non-hydrogen) atoms. The van der Waals surface area contributed by atoms with Crippen molar-refractivity contribution < 1.29 is 0 Å². The van der Waals surface area contributed by atoms with Crippen molar-refractivity contribution >= 4 is 0 Å². The lowest BCUT2D eigenvalue weighted by Crippen LogP contribution is -2.28. The zero-order chi connectivity index (χ0) is 11.8. The molecule has 1 saturated carbocycles. The molecule has 96 valence electrons. The van der Waals surface area contributed by atoms with Crippen LogP contribution in [0.25, 0.3) is 0 Å². The number of nitrogens with zero attached hydrogens (tertiary/aromatic N) is 1. The minimum atomic E-state index is 0.780. The van der Waals surface area contributed by atoms with Gasteiger partial charge in [-0.1, -0.05) is 20.8 Å². The third-order valence-corrected chi connectivity index (χ3v) is 3.29. The molecule has 0 aromatic heterocycles. The van der Waals surface area contributed by atoms with Crippen LogP contribution in [0.1, 0.15) is 46.5 Å². The molecule has 0 aromatic carbocycles. The number of hydrogen-bond donors (Lipinski definition) is 1. The van der Waals surface area contributed by atoms with Crippen molar-refractivity contribution in [3.05, 3.63) is 0 Å². The predicted octanol–water partition coefficient (Wildman–Crippen LogP) is 2.74. The molecule has 1 aliphatic carbocycles. The second-order valence-corrected chi connectivity index (χ2v) is 5.64. The van der Waals surface area contributed by atoms with Gasteiger partial charge in [0, 0.05) is 6.54 Å². The van der Waals surface area contributed by atoms with Crippen LogP contribution in [0.4, 0.5) is 0 Å². The summed E-state index contributed by atoms with van der Waals surface area (Å²) in [5.74, 6) is 1.82. The molecule has 0 heterocycles. The van der Waals surface area contributed by atoms with Crippen molar-refractivity contribution in [3.63, 3.8) is 0 Å². The van der Waals surface area contributed by atoms with E-state index in [4.69, 9.17) is 0 Å². The molecular weight excluding hydrogens is 196 g/mol. The highest BCUT2D eigenvalue weighted by atomic mass is 15.1. The van der Waals surface area contributed by atoms with Crippen LogP contribution >= 0.6 is 0 Å². The highest BCUT2D eigenvalue weighted by Crippen LogP contribution is 2.29. The first kappa shape index (κ1) is 14.0. The van der Waals surface area contributed by atoms with Crippen LogP contribution < -0.4 is 5.32 Å². The van der Waals surface area contributed by atoms with Gasteiger partial charge in [-0.05, 0) is 63.7 Å². The fraction of sp³-hybridized carbons (Fsp3) is 1.00. The highest BCUT2D eigenvalue weighted by molar-refractivity contribution is 4.76. The molecule has 0 unspecified atom stereocenters. The summed E-state index contributed by atoms with van der Waals surface area (Å²) in [6.45, 7) is 13.1. The van der Waals surface area contributed by atoms with Crippen molar-refractivity contribution in [3.8, 4) is 0 Å². The van der Waals surface area contributed by atoms with Crippen LogP contribution in [0, 0.1) is 11.8 Å². The van der Waals surface area contributed by atoms with E-state index in [0.29, 0.717) is 0 Å². The SMILES string of the molecule is CCN(CCCCNCC(C)C)CC1CC1. The van der Waals surface area contributed by atoms with Gasteiger partial charge < -0.3 is 10.2 Å². The lowest BCUT2D eigenvalue weighted by atomic mass is 10.2. The van der Waals surface area contributed by atoms with Crippen LogP contribution in [0.15, 0.2) is 0 Å². The van der Waals surface area contributed by atoms with Gasteiger partial charge in [0.1, 0.15) is 0 Å². The van der Waals surface area contributed by atoms with E-state index in [-0.39, 0.29) is 0 Å². The van der Waals surface area contributed by atoms with E-state index in [9.17, 15) is 0 Å². The van der Waals surface area contributed by atoms with E-state index in [1.165, 1.54) is 58.4 Å². The van der Waals surface area contributed by atoms with Crippen LogP contribution in [0.2, 0.25) is 0 Å². The Morgan fingerprint density at radius 3 is 2.56 bits per heavy atom. The van der Waals surface area contributed by atoms with Crippen molar-refractivity contribution in [1.82, 2.24) is 10.2 Å². The van der Waals surface area contributed by atoms with E-state index in [0.717, 1.165) is 11.8 Å². The molecule has 0 spiro atoms. The van der Waals surface area contributed by atoms with Gasteiger partial charge in [-0.25, -0.2) is 0 Å². The van der Waals surface area contributed by atoms with Crippen LogP contribution in [-0.4, -0.2) is 37.6 Å². The maximum Gasteiger partial charge on any atom is 0.000954 e. The number of nitrogens with one attached hydrogen (secondary N) is 1. The smallest absolute Gasteiger partial charge is 0.000954 e. The zero-order valence-electron chi connectivity index (χ0n) is 11.5. The Hall–Kier alpha value is -0.0800. The van der Waals surface area contributed by atoms with Crippen molar-refractivity contribution in [1.29, 1.82) is 0 Å². The Kier molecular flexibility index (Phi) is 7.06. The zero-order valence-corrected chi connectivity index (χ0v) is 11.5. The van der Waals surface area contributed by atoms with Crippen molar-refractivity contribution in [2.75, 3.05) is 32.7 Å². The van der Waals surface area contributed by atoms with Gasteiger partial charge >= 0.3 is 0 Å². The van der Waals surface area contributed by atoms with Gasteiger partial charge in [0.15, 0.2) is 0 Å². The average molecular weight is 226 g/mol. The minimum Gasteiger partial charge on any atom is -0.316 e. The molecule has 1 fully saturated rings. The molecule has 0 amide bonds. The van der Waals surface area contributed by atoms with Crippen molar-refractivity contribution in [2.45, 2.75) is 46.5 Å². The number of hydrogen-bond acceptors (Lipinski definition) is 2. The van der Waals surface area contributed by atoms with Gasteiger partial charge in [0.05, 0.1) is 0 Å². The minimum absolute atomic E-state index is 0.780. The maximum atomic E-state index is 3.51. The van der Waals surface area contributed by atoms with E-state index in [1.807, 2.05) is 0 Å².